The lowest BCUT2D eigenvalue weighted by Gasteiger charge is -2.46. The molecular weight excluding hydrogens is 218 g/mol. The van der Waals surface area contributed by atoms with Crippen molar-refractivity contribution in [2.24, 2.45) is 0 Å². The molecule has 4 nitrogen and oxygen atoms in total. The molecule has 3 fully saturated rings. The van der Waals surface area contributed by atoms with E-state index in [0.717, 1.165) is 18.3 Å². The molecule has 4 heteroatoms. The summed E-state index contributed by atoms with van der Waals surface area (Å²) in [5, 5.41) is 0. The molecular formula is C13H13NO3. The van der Waals surface area contributed by atoms with Crippen molar-refractivity contribution in [1.82, 2.24) is 4.90 Å². The van der Waals surface area contributed by atoms with Gasteiger partial charge in [-0.2, -0.15) is 0 Å². The van der Waals surface area contributed by atoms with Crippen LogP contribution in [0.2, 0.25) is 0 Å². The lowest BCUT2D eigenvalue weighted by Crippen LogP contribution is -2.60. The van der Waals surface area contributed by atoms with Gasteiger partial charge in [0.15, 0.2) is 0 Å². The Hall–Kier alpha value is -1.68. The van der Waals surface area contributed by atoms with Crippen LogP contribution in [-0.4, -0.2) is 35.8 Å². The van der Waals surface area contributed by atoms with Gasteiger partial charge in [-0.05, 0) is 5.56 Å². The Morgan fingerprint density at radius 3 is 2.65 bits per heavy atom. The number of fused-ring (bicyclic) bond motifs is 2. The standard InChI is InChI=1S/C13H13NO3/c15-8-10-3-1-9(2-4-10)6-14-7-11-5-12(17-11)13(14)16/h1-4,8,11-12H,5-7H2. The van der Waals surface area contributed by atoms with E-state index in [4.69, 9.17) is 4.74 Å². The summed E-state index contributed by atoms with van der Waals surface area (Å²) in [6.45, 7) is 1.29. The summed E-state index contributed by atoms with van der Waals surface area (Å²) in [7, 11) is 0. The molecule has 0 aromatic heterocycles. The third kappa shape index (κ3) is 1.85. The molecule has 1 aromatic rings. The third-order valence-corrected chi connectivity index (χ3v) is 3.33. The minimum absolute atomic E-state index is 0.0898. The molecule has 17 heavy (non-hydrogen) atoms. The molecule has 3 aliphatic rings. The van der Waals surface area contributed by atoms with E-state index in [-0.39, 0.29) is 18.1 Å². The van der Waals surface area contributed by atoms with E-state index >= 15 is 0 Å². The normalized spacial score (nSPS) is 26.6. The van der Waals surface area contributed by atoms with Crippen LogP contribution >= 0.6 is 0 Å². The molecule has 1 aromatic carbocycles. The Balaban J connectivity index is 1.69. The van der Waals surface area contributed by atoms with Crippen LogP contribution in [0.1, 0.15) is 22.3 Å². The fourth-order valence-electron chi connectivity index (χ4n) is 2.34. The predicted molar refractivity (Wildman–Crippen MR) is 60.5 cm³/mol. The molecule has 2 bridgehead atoms. The number of morpholine rings is 1. The highest BCUT2D eigenvalue weighted by Crippen LogP contribution is 2.29. The average Bonchev–Trinajstić information content (AvgIpc) is 2.31. The van der Waals surface area contributed by atoms with Gasteiger partial charge in [-0.3, -0.25) is 9.59 Å². The number of amides is 1. The Morgan fingerprint density at radius 2 is 2.06 bits per heavy atom. The maximum absolute atomic E-state index is 11.8. The zero-order valence-corrected chi connectivity index (χ0v) is 9.33. The molecule has 0 spiro atoms. The Labute approximate surface area is 99.2 Å². The van der Waals surface area contributed by atoms with Gasteiger partial charge < -0.3 is 9.64 Å². The van der Waals surface area contributed by atoms with Gasteiger partial charge in [0.25, 0.3) is 5.91 Å². The van der Waals surface area contributed by atoms with Crippen LogP contribution in [0.4, 0.5) is 0 Å². The predicted octanol–water partition coefficient (Wildman–Crippen LogP) is 0.999. The summed E-state index contributed by atoms with van der Waals surface area (Å²) < 4.78 is 5.35. The lowest BCUT2D eigenvalue weighted by molar-refractivity contribution is -0.199. The largest absolute Gasteiger partial charge is 0.363 e. The Morgan fingerprint density at radius 1 is 1.35 bits per heavy atom. The second kappa shape index (κ2) is 3.96. The lowest BCUT2D eigenvalue weighted by atomic mass is 9.97. The van der Waals surface area contributed by atoms with Crippen LogP contribution in [-0.2, 0) is 16.1 Å². The van der Waals surface area contributed by atoms with Gasteiger partial charge in [-0.1, -0.05) is 24.3 Å². The summed E-state index contributed by atoms with van der Waals surface area (Å²) in [6.07, 6.45) is 1.72. The molecule has 2 atom stereocenters. The van der Waals surface area contributed by atoms with Crippen LogP contribution in [0.5, 0.6) is 0 Å². The molecule has 88 valence electrons. The number of hydrogen-bond donors (Lipinski definition) is 0. The fourth-order valence-corrected chi connectivity index (χ4v) is 2.34. The number of benzene rings is 1. The summed E-state index contributed by atoms with van der Waals surface area (Å²) in [5.74, 6) is 0.0898. The van der Waals surface area contributed by atoms with Gasteiger partial charge in [0.2, 0.25) is 0 Å². The van der Waals surface area contributed by atoms with Crippen molar-refractivity contribution in [3.63, 3.8) is 0 Å². The van der Waals surface area contributed by atoms with Crippen molar-refractivity contribution >= 4 is 12.2 Å². The second-order valence-corrected chi connectivity index (χ2v) is 4.56. The number of ether oxygens (including phenoxy) is 1. The van der Waals surface area contributed by atoms with E-state index in [1.165, 1.54) is 0 Å². The van der Waals surface area contributed by atoms with Gasteiger partial charge in [0.05, 0.1) is 6.10 Å². The van der Waals surface area contributed by atoms with Crippen molar-refractivity contribution in [1.29, 1.82) is 0 Å². The Bertz CT molecular complexity index is 448. The van der Waals surface area contributed by atoms with Crippen molar-refractivity contribution in [3.8, 4) is 0 Å². The minimum Gasteiger partial charge on any atom is -0.363 e. The molecule has 3 saturated heterocycles. The summed E-state index contributed by atoms with van der Waals surface area (Å²) in [4.78, 5) is 24.2. The molecule has 0 radical (unpaired) electrons. The van der Waals surface area contributed by atoms with E-state index in [1.807, 2.05) is 17.0 Å². The Kier molecular flexibility index (Phi) is 2.44. The molecule has 3 aliphatic heterocycles. The van der Waals surface area contributed by atoms with Crippen molar-refractivity contribution in [3.05, 3.63) is 35.4 Å². The highest BCUT2D eigenvalue weighted by molar-refractivity contribution is 5.83. The quantitative estimate of drug-likeness (QED) is 0.729. The van der Waals surface area contributed by atoms with Crippen LogP contribution in [0, 0.1) is 0 Å². The van der Waals surface area contributed by atoms with E-state index in [2.05, 4.69) is 0 Å². The summed E-state index contributed by atoms with van der Waals surface area (Å²) in [6, 6.07) is 7.32. The van der Waals surface area contributed by atoms with E-state index in [1.54, 1.807) is 12.1 Å². The van der Waals surface area contributed by atoms with E-state index in [9.17, 15) is 9.59 Å². The SMILES string of the molecule is O=Cc1ccc(CN2CC3CC(O3)C2=O)cc1. The van der Waals surface area contributed by atoms with Crippen LogP contribution in [0.3, 0.4) is 0 Å². The second-order valence-electron chi connectivity index (χ2n) is 4.56. The molecule has 3 heterocycles. The first-order chi connectivity index (χ1) is 8.26. The first-order valence-corrected chi connectivity index (χ1v) is 5.74. The first-order valence-electron chi connectivity index (χ1n) is 5.74. The van der Waals surface area contributed by atoms with E-state index < -0.39 is 0 Å². The number of carbonyl (C=O) groups excluding carboxylic acids is 2. The molecule has 2 unspecified atom stereocenters. The number of hydrogen-bond acceptors (Lipinski definition) is 3. The molecule has 4 rings (SSSR count). The highest BCUT2D eigenvalue weighted by atomic mass is 16.5. The maximum atomic E-state index is 11.8. The minimum atomic E-state index is -0.206. The van der Waals surface area contributed by atoms with Gasteiger partial charge >= 0.3 is 0 Å². The van der Waals surface area contributed by atoms with Gasteiger partial charge in [-0.15, -0.1) is 0 Å². The van der Waals surface area contributed by atoms with E-state index in [0.29, 0.717) is 18.7 Å². The van der Waals surface area contributed by atoms with Crippen molar-refractivity contribution in [2.75, 3.05) is 6.54 Å². The van der Waals surface area contributed by atoms with Gasteiger partial charge in [0.1, 0.15) is 12.4 Å². The zero-order valence-electron chi connectivity index (χ0n) is 9.33. The number of piperidine rings is 1. The maximum Gasteiger partial charge on any atom is 0.252 e. The highest BCUT2D eigenvalue weighted by Gasteiger charge is 2.44. The first kappa shape index (κ1) is 10.5. The average molecular weight is 231 g/mol. The van der Waals surface area contributed by atoms with Crippen LogP contribution in [0.25, 0.3) is 0 Å². The topological polar surface area (TPSA) is 46.6 Å². The van der Waals surface area contributed by atoms with Crippen LogP contribution < -0.4 is 0 Å². The third-order valence-electron chi connectivity index (χ3n) is 3.33. The van der Waals surface area contributed by atoms with Crippen molar-refractivity contribution in [2.45, 2.75) is 25.2 Å². The molecule has 0 N–H and O–H groups in total. The molecule has 0 saturated carbocycles. The number of nitrogens with zero attached hydrogens (tertiary/aromatic N) is 1. The van der Waals surface area contributed by atoms with Crippen LogP contribution in [0.15, 0.2) is 24.3 Å². The van der Waals surface area contributed by atoms with Gasteiger partial charge in [-0.25, -0.2) is 0 Å². The monoisotopic (exact) mass is 231 g/mol. The van der Waals surface area contributed by atoms with Gasteiger partial charge in [0, 0.05) is 25.1 Å². The van der Waals surface area contributed by atoms with Crippen molar-refractivity contribution < 1.29 is 14.3 Å². The smallest absolute Gasteiger partial charge is 0.252 e. The molecule has 1 amide bonds. The summed E-state index contributed by atoms with van der Waals surface area (Å²) in [5.41, 5.74) is 1.70. The number of rotatable bonds is 3. The zero-order chi connectivity index (χ0) is 11.8. The number of carbonyl (C=O) groups is 2. The molecule has 0 aliphatic carbocycles. The summed E-state index contributed by atoms with van der Waals surface area (Å²) >= 11 is 0. The fraction of sp³-hybridized carbons (Fsp3) is 0.385. The number of aldehydes is 1.